The van der Waals surface area contributed by atoms with E-state index in [-0.39, 0.29) is 0 Å². The standard InChI is InChI=1S/C24H34N2O3/c1-18(2)21-10-9-19(3)15-24(21)29-17-20(27)16-25-11-13-26(14-12-25)22-7-5-6-8-23(22)28-4/h5-10,15,18,20,27H,11-14,16-17H2,1-4H3. The van der Waals surface area contributed by atoms with Gasteiger partial charge in [-0.25, -0.2) is 0 Å². The molecular weight excluding hydrogens is 364 g/mol. The third-order valence-electron chi connectivity index (χ3n) is 5.49. The van der Waals surface area contributed by atoms with E-state index < -0.39 is 6.10 Å². The summed E-state index contributed by atoms with van der Waals surface area (Å²) < 4.78 is 11.5. The van der Waals surface area contributed by atoms with E-state index in [0.717, 1.165) is 43.4 Å². The Morgan fingerprint density at radius 2 is 1.72 bits per heavy atom. The molecule has 0 spiro atoms. The molecule has 0 aromatic heterocycles. The minimum absolute atomic E-state index is 0.315. The average molecular weight is 399 g/mol. The van der Waals surface area contributed by atoms with Gasteiger partial charge in [0.1, 0.15) is 24.2 Å². The summed E-state index contributed by atoms with van der Waals surface area (Å²) in [7, 11) is 1.71. The molecule has 5 nitrogen and oxygen atoms in total. The number of ether oxygens (including phenoxy) is 2. The van der Waals surface area contributed by atoms with E-state index in [0.29, 0.717) is 19.1 Å². The Morgan fingerprint density at radius 3 is 2.41 bits per heavy atom. The summed E-state index contributed by atoms with van der Waals surface area (Å²) in [6.07, 6.45) is -0.506. The zero-order chi connectivity index (χ0) is 20.8. The second-order valence-electron chi connectivity index (χ2n) is 8.12. The van der Waals surface area contributed by atoms with Crippen LogP contribution in [0.1, 0.15) is 30.9 Å². The van der Waals surface area contributed by atoms with Crippen molar-refractivity contribution in [3.8, 4) is 11.5 Å². The molecule has 0 amide bonds. The van der Waals surface area contributed by atoms with Gasteiger partial charge in [0.2, 0.25) is 0 Å². The van der Waals surface area contributed by atoms with Crippen molar-refractivity contribution in [3.63, 3.8) is 0 Å². The molecule has 1 atom stereocenters. The minimum Gasteiger partial charge on any atom is -0.495 e. The third-order valence-corrected chi connectivity index (χ3v) is 5.49. The van der Waals surface area contributed by atoms with E-state index in [1.165, 1.54) is 11.1 Å². The topological polar surface area (TPSA) is 45.2 Å². The van der Waals surface area contributed by atoms with Crippen LogP contribution >= 0.6 is 0 Å². The Balaban J connectivity index is 1.49. The number of anilines is 1. The summed E-state index contributed by atoms with van der Waals surface area (Å²) in [5.74, 6) is 2.19. The highest BCUT2D eigenvalue weighted by atomic mass is 16.5. The fourth-order valence-electron chi connectivity index (χ4n) is 3.84. The highest BCUT2D eigenvalue weighted by Gasteiger charge is 2.21. The second kappa shape index (κ2) is 9.99. The molecule has 2 aromatic rings. The number of rotatable bonds is 8. The van der Waals surface area contributed by atoms with Crippen LogP contribution in [0.15, 0.2) is 42.5 Å². The number of nitrogens with zero attached hydrogens (tertiary/aromatic N) is 2. The first-order valence-corrected chi connectivity index (χ1v) is 10.5. The Kier molecular flexibility index (Phi) is 7.40. The van der Waals surface area contributed by atoms with Crippen LogP contribution in [0.4, 0.5) is 5.69 Å². The zero-order valence-electron chi connectivity index (χ0n) is 18.1. The lowest BCUT2D eigenvalue weighted by Gasteiger charge is -2.37. The van der Waals surface area contributed by atoms with Crippen LogP contribution in [0.2, 0.25) is 0 Å². The van der Waals surface area contributed by atoms with Gasteiger partial charge < -0.3 is 19.5 Å². The van der Waals surface area contributed by atoms with Gasteiger partial charge in [0.05, 0.1) is 12.8 Å². The number of aryl methyl sites for hydroxylation is 1. The summed E-state index contributed by atoms with van der Waals surface area (Å²) in [4.78, 5) is 4.65. The van der Waals surface area contributed by atoms with Gasteiger partial charge in [-0.15, -0.1) is 0 Å². The van der Waals surface area contributed by atoms with Gasteiger partial charge in [0.15, 0.2) is 0 Å². The SMILES string of the molecule is COc1ccccc1N1CCN(CC(O)COc2cc(C)ccc2C(C)C)CC1. The quantitative estimate of drug-likeness (QED) is 0.735. The largest absolute Gasteiger partial charge is 0.495 e. The van der Waals surface area contributed by atoms with E-state index in [1.54, 1.807) is 7.11 Å². The second-order valence-corrected chi connectivity index (χ2v) is 8.12. The number of aliphatic hydroxyl groups excluding tert-OH is 1. The van der Waals surface area contributed by atoms with E-state index in [1.807, 2.05) is 18.2 Å². The van der Waals surface area contributed by atoms with Crippen LogP contribution in [0.3, 0.4) is 0 Å². The molecule has 1 saturated heterocycles. The molecular formula is C24H34N2O3. The van der Waals surface area contributed by atoms with E-state index in [9.17, 15) is 5.11 Å². The van der Waals surface area contributed by atoms with Crippen molar-refractivity contribution in [2.45, 2.75) is 32.8 Å². The van der Waals surface area contributed by atoms with Crippen molar-refractivity contribution in [1.82, 2.24) is 4.90 Å². The molecule has 0 saturated carbocycles. The van der Waals surface area contributed by atoms with Gasteiger partial charge in [-0.2, -0.15) is 0 Å². The van der Waals surface area contributed by atoms with Crippen molar-refractivity contribution in [2.24, 2.45) is 0 Å². The Bertz CT molecular complexity index is 785. The fourth-order valence-corrected chi connectivity index (χ4v) is 3.84. The molecule has 1 fully saturated rings. The number of piperazine rings is 1. The summed E-state index contributed by atoms with van der Waals surface area (Å²) in [6.45, 7) is 11.0. The lowest BCUT2D eigenvalue weighted by atomic mass is 10.0. The number of hydrogen-bond donors (Lipinski definition) is 1. The molecule has 29 heavy (non-hydrogen) atoms. The third kappa shape index (κ3) is 5.64. The molecule has 1 N–H and O–H groups in total. The van der Waals surface area contributed by atoms with Crippen LogP contribution in [-0.2, 0) is 0 Å². The molecule has 0 radical (unpaired) electrons. The highest BCUT2D eigenvalue weighted by Crippen LogP contribution is 2.29. The maximum absolute atomic E-state index is 10.5. The van der Waals surface area contributed by atoms with Gasteiger partial charge in [-0.1, -0.05) is 38.1 Å². The molecule has 0 bridgehead atoms. The Labute approximate surface area is 174 Å². The number of benzene rings is 2. The summed E-state index contributed by atoms with van der Waals surface area (Å²) in [5, 5.41) is 10.5. The normalized spacial score (nSPS) is 16.1. The van der Waals surface area contributed by atoms with Crippen molar-refractivity contribution >= 4 is 5.69 Å². The highest BCUT2D eigenvalue weighted by molar-refractivity contribution is 5.58. The molecule has 1 heterocycles. The molecule has 2 aromatic carbocycles. The molecule has 5 heteroatoms. The van der Waals surface area contributed by atoms with Crippen molar-refractivity contribution in [1.29, 1.82) is 0 Å². The molecule has 158 valence electrons. The molecule has 1 unspecified atom stereocenters. The number of aliphatic hydroxyl groups is 1. The maximum atomic E-state index is 10.5. The van der Waals surface area contributed by atoms with E-state index >= 15 is 0 Å². The van der Waals surface area contributed by atoms with Crippen LogP contribution in [0.25, 0.3) is 0 Å². The van der Waals surface area contributed by atoms with Crippen molar-refractivity contribution < 1.29 is 14.6 Å². The molecule has 3 rings (SSSR count). The number of methoxy groups -OCH3 is 1. The van der Waals surface area contributed by atoms with Crippen LogP contribution in [-0.4, -0.2) is 62.6 Å². The fraction of sp³-hybridized carbons (Fsp3) is 0.500. The molecule has 1 aliphatic heterocycles. The first-order valence-electron chi connectivity index (χ1n) is 10.5. The first kappa shape index (κ1) is 21.5. The number of para-hydroxylation sites is 2. The number of β-amino-alcohol motifs (C(OH)–C–C–N with tert-alkyl or cyclic N) is 1. The van der Waals surface area contributed by atoms with Gasteiger partial charge in [0.25, 0.3) is 0 Å². The van der Waals surface area contributed by atoms with E-state index in [2.05, 4.69) is 54.8 Å². The predicted molar refractivity (Wildman–Crippen MR) is 118 cm³/mol. The van der Waals surface area contributed by atoms with Crippen molar-refractivity contribution in [3.05, 3.63) is 53.6 Å². The summed E-state index contributed by atoms with van der Waals surface area (Å²) >= 11 is 0. The molecule has 1 aliphatic rings. The van der Waals surface area contributed by atoms with Crippen LogP contribution in [0.5, 0.6) is 11.5 Å². The van der Waals surface area contributed by atoms with Gasteiger partial charge in [0, 0.05) is 32.7 Å². The Morgan fingerprint density at radius 1 is 1.00 bits per heavy atom. The number of hydrogen-bond acceptors (Lipinski definition) is 5. The zero-order valence-corrected chi connectivity index (χ0v) is 18.1. The molecule has 0 aliphatic carbocycles. The summed E-state index contributed by atoms with van der Waals surface area (Å²) in [5.41, 5.74) is 3.50. The smallest absolute Gasteiger partial charge is 0.142 e. The lowest BCUT2D eigenvalue weighted by molar-refractivity contribution is 0.0658. The van der Waals surface area contributed by atoms with Crippen LogP contribution < -0.4 is 14.4 Å². The monoisotopic (exact) mass is 398 g/mol. The van der Waals surface area contributed by atoms with Gasteiger partial charge in [-0.05, 0) is 42.2 Å². The maximum Gasteiger partial charge on any atom is 0.142 e. The lowest BCUT2D eigenvalue weighted by Crippen LogP contribution is -2.49. The minimum atomic E-state index is -0.506. The van der Waals surface area contributed by atoms with Gasteiger partial charge >= 0.3 is 0 Å². The van der Waals surface area contributed by atoms with Crippen molar-refractivity contribution in [2.75, 3.05) is 51.3 Å². The average Bonchev–Trinajstić information content (AvgIpc) is 2.72. The van der Waals surface area contributed by atoms with Crippen LogP contribution in [0, 0.1) is 6.92 Å². The van der Waals surface area contributed by atoms with Gasteiger partial charge in [-0.3, -0.25) is 4.90 Å². The first-order chi connectivity index (χ1) is 14.0. The Hall–Kier alpha value is -2.24. The predicted octanol–water partition coefficient (Wildman–Crippen LogP) is 3.69. The summed E-state index contributed by atoms with van der Waals surface area (Å²) in [6, 6.07) is 14.4. The van der Waals surface area contributed by atoms with E-state index in [4.69, 9.17) is 9.47 Å².